The Morgan fingerprint density at radius 2 is 2.20 bits per heavy atom. The molecular weight excluding hydrogens is 298 g/mol. The lowest BCUT2D eigenvalue weighted by Gasteiger charge is -2.06. The van der Waals surface area contributed by atoms with Crippen LogP contribution in [0, 0.1) is 0 Å². The van der Waals surface area contributed by atoms with E-state index >= 15 is 0 Å². The number of carboxylic acid groups (broad SMARTS) is 1. The van der Waals surface area contributed by atoms with Crippen LogP contribution in [0.3, 0.4) is 0 Å². The molecule has 0 aliphatic carbocycles. The van der Waals surface area contributed by atoms with Crippen LogP contribution in [-0.2, 0) is 4.79 Å². The molecule has 0 atom stereocenters. The zero-order valence-corrected chi connectivity index (χ0v) is 12.6. The van der Waals surface area contributed by atoms with Gasteiger partial charge in [-0.2, -0.15) is 11.8 Å². The third-order valence-electron chi connectivity index (χ3n) is 2.48. The average molecular weight is 314 g/mol. The maximum absolute atomic E-state index is 11.8. The van der Waals surface area contributed by atoms with E-state index in [-0.39, 0.29) is 5.91 Å². The molecular formula is C14H16ClNO3S. The smallest absolute Gasteiger partial charge is 0.328 e. The molecule has 0 saturated heterocycles. The first-order chi connectivity index (χ1) is 9.54. The molecule has 0 saturated carbocycles. The first-order valence-corrected chi connectivity index (χ1v) is 7.79. The molecule has 6 heteroatoms. The number of carbonyl (C=O) groups excluding carboxylic acids is 1. The van der Waals surface area contributed by atoms with Crippen molar-refractivity contribution in [2.45, 2.75) is 6.42 Å². The summed E-state index contributed by atoms with van der Waals surface area (Å²) >= 11 is 7.75. The largest absolute Gasteiger partial charge is 0.478 e. The second kappa shape index (κ2) is 8.66. The highest BCUT2D eigenvalue weighted by atomic mass is 35.5. The molecule has 1 aromatic rings. The molecule has 0 bridgehead atoms. The predicted octanol–water partition coefficient (Wildman–Crippen LogP) is 2.92. The summed E-state index contributed by atoms with van der Waals surface area (Å²) in [5, 5.41) is 11.7. The van der Waals surface area contributed by atoms with E-state index in [1.165, 1.54) is 12.1 Å². The number of hydrogen-bond acceptors (Lipinski definition) is 3. The second-order valence-electron chi connectivity index (χ2n) is 4.01. The van der Waals surface area contributed by atoms with E-state index in [2.05, 4.69) is 5.32 Å². The van der Waals surface area contributed by atoms with Crippen LogP contribution in [0.2, 0.25) is 5.02 Å². The highest BCUT2D eigenvalue weighted by Gasteiger charge is 2.07. The Morgan fingerprint density at radius 3 is 2.80 bits per heavy atom. The molecule has 1 rings (SSSR count). The third-order valence-corrected chi connectivity index (χ3v) is 3.50. The number of halogens is 1. The van der Waals surface area contributed by atoms with Crippen molar-refractivity contribution in [1.29, 1.82) is 0 Å². The molecule has 1 amide bonds. The van der Waals surface area contributed by atoms with Gasteiger partial charge in [-0.15, -0.1) is 0 Å². The van der Waals surface area contributed by atoms with Gasteiger partial charge in [-0.25, -0.2) is 4.79 Å². The molecule has 0 heterocycles. The Bertz CT molecular complexity index is 517. The van der Waals surface area contributed by atoms with Gasteiger partial charge in [0.05, 0.1) is 0 Å². The molecule has 0 radical (unpaired) electrons. The maximum Gasteiger partial charge on any atom is 0.328 e. The quantitative estimate of drug-likeness (QED) is 0.600. The molecule has 2 N–H and O–H groups in total. The van der Waals surface area contributed by atoms with Gasteiger partial charge in [0.2, 0.25) is 0 Å². The van der Waals surface area contributed by atoms with Crippen molar-refractivity contribution in [3.8, 4) is 0 Å². The van der Waals surface area contributed by atoms with Crippen LogP contribution >= 0.6 is 23.4 Å². The number of thioether (sulfide) groups is 1. The Balaban J connectivity index is 2.66. The second-order valence-corrected chi connectivity index (χ2v) is 5.40. The fraction of sp³-hybridized carbons (Fsp3) is 0.286. The fourth-order valence-corrected chi connectivity index (χ4v) is 2.16. The number of benzene rings is 1. The lowest BCUT2D eigenvalue weighted by atomic mass is 10.1. The first-order valence-electron chi connectivity index (χ1n) is 6.02. The summed E-state index contributed by atoms with van der Waals surface area (Å²) in [7, 11) is 0. The SMILES string of the molecule is CSCCCNC(=O)c1ccc(/C=C/C(=O)O)c(Cl)c1. The minimum atomic E-state index is -1.04. The highest BCUT2D eigenvalue weighted by Crippen LogP contribution is 2.19. The third kappa shape index (κ3) is 5.67. The topological polar surface area (TPSA) is 66.4 Å². The van der Waals surface area contributed by atoms with E-state index in [4.69, 9.17) is 16.7 Å². The van der Waals surface area contributed by atoms with Crippen LogP contribution in [-0.4, -0.2) is 35.5 Å². The van der Waals surface area contributed by atoms with Crippen molar-refractivity contribution in [2.24, 2.45) is 0 Å². The number of aliphatic carboxylic acids is 1. The minimum absolute atomic E-state index is 0.179. The van der Waals surface area contributed by atoms with Gasteiger partial charge in [-0.3, -0.25) is 4.79 Å². The minimum Gasteiger partial charge on any atom is -0.478 e. The molecule has 0 fully saturated rings. The molecule has 20 heavy (non-hydrogen) atoms. The monoisotopic (exact) mass is 313 g/mol. The zero-order chi connectivity index (χ0) is 15.0. The average Bonchev–Trinajstić information content (AvgIpc) is 2.41. The summed E-state index contributed by atoms with van der Waals surface area (Å²) in [4.78, 5) is 22.3. The van der Waals surface area contributed by atoms with E-state index in [0.717, 1.165) is 18.2 Å². The van der Waals surface area contributed by atoms with E-state index < -0.39 is 5.97 Å². The van der Waals surface area contributed by atoms with Crippen LogP contribution in [0.1, 0.15) is 22.3 Å². The van der Waals surface area contributed by atoms with E-state index in [1.54, 1.807) is 23.9 Å². The van der Waals surface area contributed by atoms with E-state index in [9.17, 15) is 9.59 Å². The summed E-state index contributed by atoms with van der Waals surface area (Å²) < 4.78 is 0. The van der Waals surface area contributed by atoms with Gasteiger partial charge in [0.15, 0.2) is 0 Å². The Kier molecular flexibility index (Phi) is 7.18. The van der Waals surface area contributed by atoms with E-state index in [1.807, 2.05) is 6.26 Å². The number of carboxylic acids is 1. The number of amides is 1. The van der Waals surface area contributed by atoms with Gasteiger partial charge in [0, 0.05) is 23.2 Å². The predicted molar refractivity (Wildman–Crippen MR) is 83.5 cm³/mol. The van der Waals surface area contributed by atoms with Crippen molar-refractivity contribution in [2.75, 3.05) is 18.6 Å². The molecule has 0 aliphatic heterocycles. The van der Waals surface area contributed by atoms with Crippen molar-refractivity contribution >= 4 is 41.3 Å². The Morgan fingerprint density at radius 1 is 1.45 bits per heavy atom. The fourth-order valence-electron chi connectivity index (χ4n) is 1.49. The summed E-state index contributed by atoms with van der Waals surface area (Å²) in [6.07, 6.45) is 5.33. The van der Waals surface area contributed by atoms with Gasteiger partial charge >= 0.3 is 5.97 Å². The number of carbonyl (C=O) groups is 2. The molecule has 0 aromatic heterocycles. The standard InChI is InChI=1S/C14H16ClNO3S/c1-20-8-2-7-16-14(19)11-4-3-10(12(15)9-11)5-6-13(17)18/h3-6,9H,2,7-8H2,1H3,(H,16,19)(H,17,18)/b6-5+. The lowest BCUT2D eigenvalue weighted by molar-refractivity contribution is -0.131. The van der Waals surface area contributed by atoms with Gasteiger partial charge < -0.3 is 10.4 Å². The molecule has 108 valence electrons. The number of nitrogens with one attached hydrogen (secondary N) is 1. The Labute approximate surface area is 127 Å². The van der Waals surface area contributed by atoms with Gasteiger partial charge in [-0.05, 0) is 42.2 Å². The van der Waals surface area contributed by atoms with Crippen LogP contribution in [0.5, 0.6) is 0 Å². The first kappa shape index (κ1) is 16.6. The molecule has 0 unspecified atom stereocenters. The van der Waals surface area contributed by atoms with Crippen molar-refractivity contribution in [3.63, 3.8) is 0 Å². The summed E-state index contributed by atoms with van der Waals surface area (Å²) in [6.45, 7) is 0.623. The van der Waals surface area contributed by atoms with Crippen molar-refractivity contribution in [3.05, 3.63) is 40.4 Å². The van der Waals surface area contributed by atoms with Crippen molar-refractivity contribution < 1.29 is 14.7 Å². The molecule has 1 aromatic carbocycles. The van der Waals surface area contributed by atoms with Crippen LogP contribution < -0.4 is 5.32 Å². The molecule has 4 nitrogen and oxygen atoms in total. The normalized spacial score (nSPS) is 10.7. The zero-order valence-electron chi connectivity index (χ0n) is 11.1. The van der Waals surface area contributed by atoms with Crippen LogP contribution in [0.15, 0.2) is 24.3 Å². The summed E-state index contributed by atoms with van der Waals surface area (Å²) in [6, 6.07) is 4.78. The summed E-state index contributed by atoms with van der Waals surface area (Å²) in [5.41, 5.74) is 1.03. The van der Waals surface area contributed by atoms with Gasteiger partial charge in [-0.1, -0.05) is 17.7 Å². The van der Waals surface area contributed by atoms with Crippen LogP contribution in [0.4, 0.5) is 0 Å². The van der Waals surface area contributed by atoms with Crippen molar-refractivity contribution in [1.82, 2.24) is 5.32 Å². The maximum atomic E-state index is 11.8. The Hall–Kier alpha value is -1.46. The van der Waals surface area contributed by atoms with Gasteiger partial charge in [0.1, 0.15) is 0 Å². The number of hydrogen-bond donors (Lipinski definition) is 2. The summed E-state index contributed by atoms with van der Waals surface area (Å²) in [5.74, 6) is -0.224. The highest BCUT2D eigenvalue weighted by molar-refractivity contribution is 7.98. The van der Waals surface area contributed by atoms with Crippen LogP contribution in [0.25, 0.3) is 6.08 Å². The molecule has 0 spiro atoms. The van der Waals surface area contributed by atoms with E-state index in [0.29, 0.717) is 22.7 Å². The molecule has 0 aliphatic rings. The number of rotatable bonds is 7. The van der Waals surface area contributed by atoms with Gasteiger partial charge in [0.25, 0.3) is 5.91 Å². The lowest BCUT2D eigenvalue weighted by Crippen LogP contribution is -2.24.